The fourth-order valence-corrected chi connectivity index (χ4v) is 5.31. The topological polar surface area (TPSA) is 179 Å². The van der Waals surface area contributed by atoms with Crippen LogP contribution in [0.3, 0.4) is 0 Å². The molecule has 4 N–H and O–H groups in total. The molecule has 41 heavy (non-hydrogen) atoms. The van der Waals surface area contributed by atoms with Crippen molar-refractivity contribution in [3.63, 3.8) is 0 Å². The second-order valence-corrected chi connectivity index (χ2v) is 11.7. The van der Waals surface area contributed by atoms with E-state index in [0.717, 1.165) is 32.1 Å². The molecule has 234 valence electrons. The maximum Gasteiger partial charge on any atom is 0.323 e. The number of guanidine groups is 1. The molecule has 1 heterocycles. The van der Waals surface area contributed by atoms with E-state index in [1.54, 1.807) is 18.7 Å². The lowest BCUT2D eigenvalue weighted by Gasteiger charge is -2.27. The highest BCUT2D eigenvalue weighted by atomic mass is 31.2. The van der Waals surface area contributed by atoms with Crippen LogP contribution >= 0.6 is 7.44 Å². The lowest BCUT2D eigenvalue weighted by atomic mass is 10.3. The molecule has 1 aliphatic rings. The van der Waals surface area contributed by atoms with Gasteiger partial charge in [0, 0.05) is 6.54 Å². The van der Waals surface area contributed by atoms with E-state index in [1.165, 1.54) is 6.34 Å². The number of nitrogens with zero attached hydrogens (tertiary/aromatic N) is 4. The van der Waals surface area contributed by atoms with E-state index in [0.29, 0.717) is 12.5 Å². The van der Waals surface area contributed by atoms with Gasteiger partial charge in [-0.25, -0.2) is 10.2 Å². The summed E-state index contributed by atoms with van der Waals surface area (Å²) in [5.74, 6) is -0.500. The summed E-state index contributed by atoms with van der Waals surface area (Å²) < 4.78 is 35.6. The summed E-state index contributed by atoms with van der Waals surface area (Å²) >= 11 is 0. The summed E-state index contributed by atoms with van der Waals surface area (Å²) in [6.45, 7) is 14.4. The van der Waals surface area contributed by atoms with Gasteiger partial charge in [0.25, 0.3) is 0 Å². The van der Waals surface area contributed by atoms with Crippen molar-refractivity contribution < 1.29 is 33.1 Å². The molecule has 0 fully saturated rings. The largest absolute Gasteiger partial charge is 0.479 e. The van der Waals surface area contributed by atoms with Crippen molar-refractivity contribution in [1.29, 1.82) is 0 Å². The first kappa shape index (κ1) is 36.2. The Morgan fingerprint density at radius 3 is 2.12 bits per heavy atom. The van der Waals surface area contributed by atoms with E-state index in [2.05, 4.69) is 31.7 Å². The second-order valence-electron chi connectivity index (χ2n) is 9.41. The number of carbonyl (C=O) groups excluding carboxylic acids is 2. The number of unbranched alkanes of at least 4 members (excludes halogenated alkanes) is 2. The predicted octanol–water partition coefficient (Wildman–Crippen LogP) is 2.75. The maximum absolute atomic E-state index is 13.8. The number of nitrogens with two attached hydrogens (primary N) is 1. The van der Waals surface area contributed by atoms with Gasteiger partial charge in [0.2, 0.25) is 19.3 Å². The molecule has 1 rings (SSSR count). The van der Waals surface area contributed by atoms with Crippen LogP contribution in [0.2, 0.25) is 0 Å². The fraction of sp³-hybridized carbons (Fsp3) is 0.731. The van der Waals surface area contributed by atoms with Gasteiger partial charge in [-0.3, -0.25) is 19.1 Å². The Kier molecular flexibility index (Phi) is 17.8. The SMILES string of the molecule is C=C1/N=C(N)\N=C(\OCCC)CN=CN1CCOCP(=O)(NC(C)C(=O)OCCCC)NC(C)C(=O)OCCCC. The molecule has 0 aromatic heterocycles. The van der Waals surface area contributed by atoms with E-state index >= 15 is 0 Å². The molecule has 0 saturated heterocycles. The van der Waals surface area contributed by atoms with E-state index in [4.69, 9.17) is 24.7 Å². The Balaban J connectivity index is 2.85. The molecule has 0 saturated carbocycles. The highest BCUT2D eigenvalue weighted by Crippen LogP contribution is 2.37. The van der Waals surface area contributed by atoms with Gasteiger partial charge in [0.15, 0.2) is 0 Å². The molecule has 0 amide bonds. The Hall–Kier alpha value is -2.80. The Bertz CT molecular complexity index is 940. The van der Waals surface area contributed by atoms with Crippen LogP contribution in [0.15, 0.2) is 27.4 Å². The summed E-state index contributed by atoms with van der Waals surface area (Å²) in [6.07, 6.45) is 5.18. The molecular formula is C26H48N7O7P. The van der Waals surface area contributed by atoms with Gasteiger partial charge in [-0.05, 0) is 33.1 Å². The van der Waals surface area contributed by atoms with Crippen LogP contribution in [-0.2, 0) is 33.1 Å². The third-order valence-electron chi connectivity index (χ3n) is 5.48. The standard InChI is InChI=1S/C26H48N7O7P/c1-7-10-14-39-24(34)20(4)31-41(36,32-21(5)25(35)40-15-11-8-2)19-37-16-12-33-18-28-17-23(38-13-9-3)30-26(27)29-22(33)6/h18,20-21H,6-17,19H2,1-5H3,(H2,27,29)(H2,31,32,36)/b28-18?,30-23+. The van der Waals surface area contributed by atoms with E-state index in [1.807, 2.05) is 20.8 Å². The predicted molar refractivity (Wildman–Crippen MR) is 160 cm³/mol. The minimum atomic E-state index is -3.63. The van der Waals surface area contributed by atoms with Gasteiger partial charge < -0.3 is 29.6 Å². The number of hydrogen-bond acceptors (Lipinski definition) is 12. The quantitative estimate of drug-likeness (QED) is 0.113. The van der Waals surface area contributed by atoms with Crippen LogP contribution < -0.4 is 15.9 Å². The van der Waals surface area contributed by atoms with Crippen molar-refractivity contribution in [3.8, 4) is 0 Å². The van der Waals surface area contributed by atoms with E-state index < -0.39 is 31.5 Å². The Morgan fingerprint density at radius 2 is 1.59 bits per heavy atom. The molecule has 1 aliphatic heterocycles. The molecule has 0 aromatic rings. The zero-order chi connectivity index (χ0) is 30.7. The summed E-state index contributed by atoms with van der Waals surface area (Å²) in [6, 6.07) is -1.83. The molecule has 0 radical (unpaired) electrons. The van der Waals surface area contributed by atoms with Crippen molar-refractivity contribution in [2.24, 2.45) is 20.7 Å². The third kappa shape index (κ3) is 15.1. The van der Waals surface area contributed by atoms with Gasteiger partial charge in [0.05, 0.1) is 32.8 Å². The molecule has 0 bridgehead atoms. The monoisotopic (exact) mass is 601 g/mol. The number of carbonyl (C=O) groups is 2. The zero-order valence-electron chi connectivity index (χ0n) is 25.1. The highest BCUT2D eigenvalue weighted by molar-refractivity contribution is 7.59. The van der Waals surface area contributed by atoms with Crippen LogP contribution in [0.1, 0.15) is 66.7 Å². The number of aliphatic imine (C=N–C) groups is 3. The van der Waals surface area contributed by atoms with E-state index in [-0.39, 0.29) is 51.0 Å². The lowest BCUT2D eigenvalue weighted by Crippen LogP contribution is -2.43. The molecule has 15 heteroatoms. The first-order valence-corrected chi connectivity index (χ1v) is 16.0. The van der Waals surface area contributed by atoms with Crippen molar-refractivity contribution in [2.45, 2.75) is 78.8 Å². The van der Waals surface area contributed by atoms with Crippen molar-refractivity contribution in [3.05, 3.63) is 12.4 Å². The number of ether oxygens (including phenoxy) is 4. The minimum Gasteiger partial charge on any atom is -0.479 e. The average Bonchev–Trinajstić information content (AvgIpc) is 2.98. The molecule has 2 atom stereocenters. The molecule has 0 spiro atoms. The number of esters is 2. The van der Waals surface area contributed by atoms with Crippen molar-refractivity contribution in [1.82, 2.24) is 15.1 Å². The molecule has 14 nitrogen and oxygen atoms in total. The van der Waals surface area contributed by atoms with Gasteiger partial charge in [-0.1, -0.05) is 40.2 Å². The molecule has 2 unspecified atom stereocenters. The Labute approximate surface area is 243 Å². The molecular weight excluding hydrogens is 553 g/mol. The van der Waals surface area contributed by atoms with Crippen LogP contribution in [0.4, 0.5) is 0 Å². The van der Waals surface area contributed by atoms with Gasteiger partial charge in [-0.15, -0.1) is 0 Å². The van der Waals surface area contributed by atoms with E-state index in [9.17, 15) is 14.2 Å². The summed E-state index contributed by atoms with van der Waals surface area (Å²) in [5, 5.41) is 5.57. The van der Waals surface area contributed by atoms with Crippen LogP contribution in [0.25, 0.3) is 0 Å². The van der Waals surface area contributed by atoms with Crippen LogP contribution in [0.5, 0.6) is 0 Å². The van der Waals surface area contributed by atoms with Crippen molar-refractivity contribution in [2.75, 3.05) is 45.9 Å². The summed E-state index contributed by atoms with van der Waals surface area (Å²) in [4.78, 5) is 39.1. The number of hydrogen-bond donors (Lipinski definition) is 3. The summed E-state index contributed by atoms with van der Waals surface area (Å²) in [5.41, 5.74) is 5.90. The number of rotatable bonds is 19. The zero-order valence-corrected chi connectivity index (χ0v) is 26.0. The van der Waals surface area contributed by atoms with Crippen LogP contribution in [-0.4, -0.2) is 93.0 Å². The minimum absolute atomic E-state index is 0.0185. The first-order valence-electron chi connectivity index (χ1n) is 14.1. The normalized spacial score (nSPS) is 19.3. The molecule has 0 aromatic carbocycles. The average molecular weight is 602 g/mol. The third-order valence-corrected chi connectivity index (χ3v) is 7.64. The summed E-state index contributed by atoms with van der Waals surface area (Å²) in [7, 11) is -3.63. The fourth-order valence-electron chi connectivity index (χ4n) is 3.24. The lowest BCUT2D eigenvalue weighted by molar-refractivity contribution is -0.145. The smallest absolute Gasteiger partial charge is 0.323 e. The first-order chi connectivity index (χ1) is 19.5. The van der Waals surface area contributed by atoms with Crippen molar-refractivity contribution >= 4 is 37.6 Å². The second kappa shape index (κ2) is 20.1. The van der Waals surface area contributed by atoms with Gasteiger partial charge >= 0.3 is 11.9 Å². The maximum atomic E-state index is 13.8. The molecule has 0 aliphatic carbocycles. The number of nitrogens with one attached hydrogen (secondary N) is 2. The highest BCUT2D eigenvalue weighted by Gasteiger charge is 2.32. The Morgan fingerprint density at radius 1 is 1.00 bits per heavy atom. The van der Waals surface area contributed by atoms with Gasteiger partial charge in [-0.2, -0.15) is 9.98 Å². The van der Waals surface area contributed by atoms with Gasteiger partial charge in [0.1, 0.15) is 30.8 Å². The van der Waals surface area contributed by atoms with Crippen LogP contribution in [0, 0.1) is 0 Å².